The molecular weight excluding hydrogens is 256 g/mol. The Kier molecular flexibility index (Phi) is 5.13. The summed E-state index contributed by atoms with van der Waals surface area (Å²) in [4.78, 5) is 24.3. The zero-order valence-electron chi connectivity index (χ0n) is 10.8. The summed E-state index contributed by atoms with van der Waals surface area (Å²) < 4.78 is 11.2. The van der Waals surface area contributed by atoms with Crippen LogP contribution >= 0.6 is 0 Å². The van der Waals surface area contributed by atoms with Crippen molar-refractivity contribution in [3.05, 3.63) is 0 Å². The number of nitrogens with zero attached hydrogens (tertiary/aromatic N) is 1. The van der Waals surface area contributed by atoms with Gasteiger partial charge in [0.2, 0.25) is 0 Å². The molecule has 0 radical (unpaired) electrons. The number of aliphatic carboxylic acids is 1. The van der Waals surface area contributed by atoms with Crippen molar-refractivity contribution in [1.29, 1.82) is 0 Å². The normalized spacial score (nSPS) is 24.9. The lowest BCUT2D eigenvalue weighted by atomic mass is 9.90. The number of carbonyl (C=O) groups is 2. The first-order chi connectivity index (χ1) is 8.39. The predicted molar refractivity (Wildman–Crippen MR) is 68.9 cm³/mol. The van der Waals surface area contributed by atoms with Crippen LogP contribution in [-0.4, -0.2) is 57.4 Å². The Hall–Kier alpha value is -1.11. The van der Waals surface area contributed by atoms with Gasteiger partial charge in [0.25, 0.3) is 0 Å². The SMILES string of the molecule is CCS(=O)CCNC(=O)N1CCC(C)(C(=O)O)C1. The van der Waals surface area contributed by atoms with Crippen LogP contribution in [0.2, 0.25) is 0 Å². The molecule has 0 spiro atoms. The molecule has 7 heteroatoms. The number of hydrogen-bond donors (Lipinski definition) is 2. The minimum Gasteiger partial charge on any atom is -0.481 e. The van der Waals surface area contributed by atoms with Crippen LogP contribution in [0.4, 0.5) is 4.79 Å². The zero-order chi connectivity index (χ0) is 13.8. The van der Waals surface area contributed by atoms with Crippen molar-refractivity contribution in [3.63, 3.8) is 0 Å². The van der Waals surface area contributed by atoms with Crippen molar-refractivity contribution >= 4 is 22.8 Å². The summed E-state index contributed by atoms with van der Waals surface area (Å²) in [5.41, 5.74) is -0.844. The molecule has 1 saturated heterocycles. The minimum atomic E-state index is -0.895. The molecule has 2 unspecified atom stereocenters. The van der Waals surface area contributed by atoms with Crippen LogP contribution in [0.5, 0.6) is 0 Å². The molecule has 0 saturated carbocycles. The number of hydrogen-bond acceptors (Lipinski definition) is 3. The quantitative estimate of drug-likeness (QED) is 0.754. The van der Waals surface area contributed by atoms with Crippen molar-refractivity contribution in [2.75, 3.05) is 31.1 Å². The van der Waals surface area contributed by atoms with Crippen LogP contribution in [-0.2, 0) is 15.6 Å². The van der Waals surface area contributed by atoms with E-state index in [4.69, 9.17) is 5.11 Å². The largest absolute Gasteiger partial charge is 0.481 e. The molecule has 6 nitrogen and oxygen atoms in total. The van der Waals surface area contributed by atoms with E-state index in [9.17, 15) is 13.8 Å². The molecule has 1 aliphatic heterocycles. The van der Waals surface area contributed by atoms with E-state index in [0.717, 1.165) is 0 Å². The summed E-state index contributed by atoms with van der Waals surface area (Å²) in [5.74, 6) is 0.146. The van der Waals surface area contributed by atoms with Gasteiger partial charge in [0.05, 0.1) is 5.41 Å². The van der Waals surface area contributed by atoms with Gasteiger partial charge in [-0.1, -0.05) is 6.92 Å². The topological polar surface area (TPSA) is 86.7 Å². The van der Waals surface area contributed by atoms with E-state index < -0.39 is 22.2 Å². The average molecular weight is 276 g/mol. The number of carboxylic acid groups (broad SMARTS) is 1. The number of carboxylic acids is 1. The van der Waals surface area contributed by atoms with Gasteiger partial charge in [-0.2, -0.15) is 0 Å². The molecule has 2 amide bonds. The third kappa shape index (κ3) is 3.69. The Morgan fingerprint density at radius 3 is 2.67 bits per heavy atom. The molecular formula is C11H20N2O4S. The lowest BCUT2D eigenvalue weighted by molar-refractivity contribution is -0.146. The van der Waals surface area contributed by atoms with Gasteiger partial charge in [0, 0.05) is 41.9 Å². The second-order valence-corrected chi connectivity index (χ2v) is 6.57. The van der Waals surface area contributed by atoms with Gasteiger partial charge in [-0.3, -0.25) is 9.00 Å². The van der Waals surface area contributed by atoms with Gasteiger partial charge in [0.15, 0.2) is 0 Å². The van der Waals surface area contributed by atoms with Crippen LogP contribution in [0.15, 0.2) is 0 Å². The van der Waals surface area contributed by atoms with E-state index in [2.05, 4.69) is 5.32 Å². The third-order valence-corrected chi connectivity index (χ3v) is 4.51. The molecule has 2 N–H and O–H groups in total. The summed E-state index contributed by atoms with van der Waals surface area (Å²) >= 11 is 0. The minimum absolute atomic E-state index is 0.227. The summed E-state index contributed by atoms with van der Waals surface area (Å²) in [6.45, 7) is 4.52. The Balaban J connectivity index is 2.36. The van der Waals surface area contributed by atoms with Crippen LogP contribution in [0.3, 0.4) is 0 Å². The van der Waals surface area contributed by atoms with E-state index in [1.165, 1.54) is 4.90 Å². The lowest BCUT2D eigenvalue weighted by Crippen LogP contribution is -2.42. The molecule has 1 aliphatic rings. The number of carbonyl (C=O) groups excluding carboxylic acids is 1. The molecule has 104 valence electrons. The lowest BCUT2D eigenvalue weighted by Gasteiger charge is -2.20. The number of rotatable bonds is 5. The average Bonchev–Trinajstić information content (AvgIpc) is 2.73. The highest BCUT2D eigenvalue weighted by Gasteiger charge is 2.42. The smallest absolute Gasteiger partial charge is 0.317 e. The maximum absolute atomic E-state index is 11.7. The van der Waals surface area contributed by atoms with Gasteiger partial charge < -0.3 is 15.3 Å². The molecule has 0 bridgehead atoms. The molecule has 1 rings (SSSR count). The first-order valence-electron chi connectivity index (χ1n) is 6.00. The van der Waals surface area contributed by atoms with Gasteiger partial charge >= 0.3 is 12.0 Å². The molecule has 0 aliphatic carbocycles. The molecule has 0 aromatic carbocycles. The maximum atomic E-state index is 11.7. The molecule has 0 aromatic heterocycles. The Bertz CT molecular complexity index is 361. The number of likely N-dealkylation sites (tertiary alicyclic amines) is 1. The van der Waals surface area contributed by atoms with Gasteiger partial charge in [-0.05, 0) is 13.3 Å². The molecule has 0 aromatic rings. The molecule has 1 fully saturated rings. The van der Waals surface area contributed by atoms with Crippen molar-refractivity contribution in [2.45, 2.75) is 20.3 Å². The molecule has 18 heavy (non-hydrogen) atoms. The fraction of sp³-hybridized carbons (Fsp3) is 0.818. The second-order valence-electron chi connectivity index (χ2n) is 4.70. The van der Waals surface area contributed by atoms with Crippen molar-refractivity contribution in [1.82, 2.24) is 10.2 Å². The monoisotopic (exact) mass is 276 g/mol. The van der Waals surface area contributed by atoms with Crippen LogP contribution in [0.1, 0.15) is 20.3 Å². The summed E-state index contributed by atoms with van der Waals surface area (Å²) in [5, 5.41) is 11.7. The second kappa shape index (κ2) is 6.17. The summed E-state index contributed by atoms with van der Waals surface area (Å²) in [7, 11) is -0.895. The van der Waals surface area contributed by atoms with E-state index in [0.29, 0.717) is 31.0 Å². The molecule has 2 atom stereocenters. The summed E-state index contributed by atoms with van der Waals surface area (Å²) in [6, 6.07) is -0.270. The third-order valence-electron chi connectivity index (χ3n) is 3.20. The van der Waals surface area contributed by atoms with E-state index in [1.807, 2.05) is 6.92 Å². The van der Waals surface area contributed by atoms with Crippen LogP contribution < -0.4 is 5.32 Å². The standard InChI is InChI=1S/C11H20N2O4S/c1-3-18(17)7-5-12-10(16)13-6-4-11(2,8-13)9(14)15/h3-8H2,1-2H3,(H,12,16)(H,14,15). The number of amides is 2. The van der Waals surface area contributed by atoms with Crippen molar-refractivity contribution in [2.24, 2.45) is 5.41 Å². The summed E-state index contributed by atoms with van der Waals surface area (Å²) in [6.07, 6.45) is 0.469. The van der Waals surface area contributed by atoms with Crippen LogP contribution in [0.25, 0.3) is 0 Å². The first-order valence-corrected chi connectivity index (χ1v) is 7.49. The Morgan fingerprint density at radius 1 is 1.50 bits per heavy atom. The highest BCUT2D eigenvalue weighted by atomic mass is 32.2. The predicted octanol–water partition coefficient (Wildman–Crippen LogP) is 0.261. The fourth-order valence-corrected chi connectivity index (χ4v) is 2.46. The van der Waals surface area contributed by atoms with Crippen molar-refractivity contribution < 1.29 is 18.9 Å². The van der Waals surface area contributed by atoms with Gasteiger partial charge in [-0.25, -0.2) is 4.79 Å². The number of nitrogens with one attached hydrogen (secondary N) is 1. The molecule has 1 heterocycles. The zero-order valence-corrected chi connectivity index (χ0v) is 11.6. The highest BCUT2D eigenvalue weighted by Crippen LogP contribution is 2.29. The number of urea groups is 1. The van der Waals surface area contributed by atoms with Gasteiger partial charge in [0.1, 0.15) is 0 Å². The Morgan fingerprint density at radius 2 is 2.17 bits per heavy atom. The van der Waals surface area contributed by atoms with E-state index >= 15 is 0 Å². The van der Waals surface area contributed by atoms with E-state index in [-0.39, 0.29) is 12.6 Å². The van der Waals surface area contributed by atoms with Gasteiger partial charge in [-0.15, -0.1) is 0 Å². The Labute approximate surface area is 109 Å². The maximum Gasteiger partial charge on any atom is 0.317 e. The highest BCUT2D eigenvalue weighted by molar-refractivity contribution is 7.84. The van der Waals surface area contributed by atoms with Crippen molar-refractivity contribution in [3.8, 4) is 0 Å². The first kappa shape index (κ1) is 14.9. The van der Waals surface area contributed by atoms with E-state index in [1.54, 1.807) is 6.92 Å². The van der Waals surface area contributed by atoms with Crippen LogP contribution in [0, 0.1) is 5.41 Å². The fourth-order valence-electron chi connectivity index (χ4n) is 1.84.